The van der Waals surface area contributed by atoms with Gasteiger partial charge >= 0.3 is 0 Å². The molecule has 2 aromatic rings. The maximum atomic E-state index is 12.3. The first-order valence-electron chi connectivity index (χ1n) is 6.57. The molecule has 4 nitrogen and oxygen atoms in total. The van der Waals surface area contributed by atoms with Crippen LogP contribution in [0.25, 0.3) is 0 Å². The Kier molecular flexibility index (Phi) is 4.03. The van der Waals surface area contributed by atoms with Crippen molar-refractivity contribution >= 4 is 28.8 Å². The van der Waals surface area contributed by atoms with Gasteiger partial charge in [0.2, 0.25) is 6.10 Å². The van der Waals surface area contributed by atoms with E-state index in [0.29, 0.717) is 15.8 Å². The van der Waals surface area contributed by atoms with E-state index in [1.165, 1.54) is 11.3 Å². The Hall–Kier alpha value is -1.72. The van der Waals surface area contributed by atoms with Crippen LogP contribution in [-0.4, -0.2) is 18.6 Å². The number of halogens is 1. The van der Waals surface area contributed by atoms with Gasteiger partial charge in [0.25, 0.3) is 5.91 Å². The Bertz CT molecular complexity index is 658. The Morgan fingerprint density at radius 1 is 1.33 bits per heavy atom. The van der Waals surface area contributed by atoms with E-state index >= 15 is 0 Å². The molecule has 21 heavy (non-hydrogen) atoms. The molecule has 0 bridgehead atoms. The molecule has 110 valence electrons. The van der Waals surface area contributed by atoms with Crippen molar-refractivity contribution < 1.29 is 14.3 Å². The van der Waals surface area contributed by atoms with Gasteiger partial charge in [0.15, 0.2) is 11.5 Å². The van der Waals surface area contributed by atoms with E-state index in [1.807, 2.05) is 37.3 Å². The Morgan fingerprint density at radius 3 is 2.81 bits per heavy atom. The number of amides is 1. The van der Waals surface area contributed by atoms with Crippen molar-refractivity contribution in [1.29, 1.82) is 0 Å². The van der Waals surface area contributed by atoms with Crippen LogP contribution in [0.1, 0.15) is 17.8 Å². The molecular formula is C15H14ClNO3S. The average Bonchev–Trinajstić information content (AvgIpc) is 2.93. The highest BCUT2D eigenvalue weighted by molar-refractivity contribution is 7.16. The predicted octanol–water partition coefficient (Wildman–Crippen LogP) is 3.42. The van der Waals surface area contributed by atoms with Gasteiger partial charge in [-0.2, -0.15) is 0 Å². The second-order valence-corrected chi connectivity index (χ2v) is 6.48. The van der Waals surface area contributed by atoms with E-state index < -0.39 is 6.10 Å². The zero-order valence-corrected chi connectivity index (χ0v) is 12.9. The van der Waals surface area contributed by atoms with E-state index in [9.17, 15) is 4.79 Å². The summed E-state index contributed by atoms with van der Waals surface area (Å²) in [6, 6.07) is 10.9. The van der Waals surface area contributed by atoms with Crippen molar-refractivity contribution in [3.8, 4) is 11.5 Å². The fourth-order valence-corrected chi connectivity index (χ4v) is 3.15. The second-order valence-electron chi connectivity index (χ2n) is 4.74. The number of para-hydroxylation sites is 2. The number of fused-ring (bicyclic) bond motifs is 1. The second kappa shape index (κ2) is 5.95. The monoisotopic (exact) mass is 323 g/mol. The van der Waals surface area contributed by atoms with Gasteiger partial charge in [-0.3, -0.25) is 4.79 Å². The summed E-state index contributed by atoms with van der Waals surface area (Å²) in [4.78, 5) is 13.3. The van der Waals surface area contributed by atoms with Crippen LogP contribution < -0.4 is 14.8 Å². The fraction of sp³-hybridized carbons (Fsp3) is 0.267. The maximum absolute atomic E-state index is 12.3. The standard InChI is InChI=1S/C15H14ClNO3S/c1-9(13-6-7-14(16)21-13)17-15(18)12-8-19-10-4-2-3-5-11(10)20-12/h2-7,9,12H,8H2,1H3,(H,17,18). The Morgan fingerprint density at radius 2 is 2.10 bits per heavy atom. The molecule has 0 spiro atoms. The summed E-state index contributed by atoms with van der Waals surface area (Å²) in [7, 11) is 0. The lowest BCUT2D eigenvalue weighted by molar-refractivity contribution is -0.131. The summed E-state index contributed by atoms with van der Waals surface area (Å²) in [6.45, 7) is 2.12. The largest absolute Gasteiger partial charge is 0.485 e. The molecule has 0 fully saturated rings. The number of carbonyl (C=O) groups is 1. The number of ether oxygens (including phenoxy) is 2. The molecule has 3 rings (SSSR count). The summed E-state index contributed by atoms with van der Waals surface area (Å²) in [5.74, 6) is 1.07. The molecule has 0 aliphatic carbocycles. The number of thiophene rings is 1. The molecule has 1 aliphatic heterocycles. The molecule has 0 radical (unpaired) electrons. The fourth-order valence-electron chi connectivity index (χ4n) is 2.09. The molecule has 1 aromatic carbocycles. The number of carbonyl (C=O) groups excluding carboxylic acids is 1. The molecule has 2 heterocycles. The highest BCUT2D eigenvalue weighted by Crippen LogP contribution is 2.31. The van der Waals surface area contributed by atoms with Crippen molar-refractivity contribution in [3.63, 3.8) is 0 Å². The number of benzene rings is 1. The lowest BCUT2D eigenvalue weighted by Crippen LogP contribution is -2.44. The minimum absolute atomic E-state index is 0.115. The van der Waals surface area contributed by atoms with Gasteiger partial charge in [-0.05, 0) is 31.2 Å². The first-order chi connectivity index (χ1) is 10.1. The number of hydrogen-bond acceptors (Lipinski definition) is 4. The molecule has 2 unspecified atom stereocenters. The van der Waals surface area contributed by atoms with Gasteiger partial charge in [-0.15, -0.1) is 11.3 Å². The zero-order chi connectivity index (χ0) is 14.8. The van der Waals surface area contributed by atoms with E-state index in [4.69, 9.17) is 21.1 Å². The van der Waals surface area contributed by atoms with Crippen LogP contribution in [0, 0.1) is 0 Å². The van der Waals surface area contributed by atoms with Gasteiger partial charge in [0, 0.05) is 4.88 Å². The summed E-state index contributed by atoms with van der Waals surface area (Å²) >= 11 is 7.36. The number of hydrogen-bond donors (Lipinski definition) is 1. The summed E-state index contributed by atoms with van der Waals surface area (Å²) < 4.78 is 11.9. The van der Waals surface area contributed by atoms with Crippen LogP contribution in [0.2, 0.25) is 4.34 Å². The lowest BCUT2D eigenvalue weighted by Gasteiger charge is -2.26. The first-order valence-corrected chi connectivity index (χ1v) is 7.77. The third-order valence-electron chi connectivity index (χ3n) is 3.18. The first kappa shape index (κ1) is 14.2. The van der Waals surface area contributed by atoms with Crippen molar-refractivity contribution in [2.45, 2.75) is 19.1 Å². The highest BCUT2D eigenvalue weighted by Gasteiger charge is 2.28. The highest BCUT2D eigenvalue weighted by atomic mass is 35.5. The van der Waals surface area contributed by atoms with Crippen molar-refractivity contribution in [2.75, 3.05) is 6.61 Å². The third-order valence-corrected chi connectivity index (χ3v) is 4.59. The van der Waals surface area contributed by atoms with Gasteiger partial charge in [-0.25, -0.2) is 0 Å². The van der Waals surface area contributed by atoms with E-state index in [0.717, 1.165) is 4.88 Å². The van der Waals surface area contributed by atoms with Crippen molar-refractivity contribution in [1.82, 2.24) is 5.32 Å². The van der Waals surface area contributed by atoms with E-state index in [-0.39, 0.29) is 18.6 Å². The zero-order valence-electron chi connectivity index (χ0n) is 11.3. The Labute approximate surface area is 131 Å². The van der Waals surface area contributed by atoms with Crippen LogP contribution >= 0.6 is 22.9 Å². The molecule has 0 saturated heterocycles. The van der Waals surface area contributed by atoms with Gasteiger partial charge in [-0.1, -0.05) is 23.7 Å². The average molecular weight is 324 g/mol. The number of nitrogens with one attached hydrogen (secondary N) is 1. The summed E-state index contributed by atoms with van der Waals surface area (Å²) in [6.07, 6.45) is -0.641. The smallest absolute Gasteiger partial charge is 0.265 e. The minimum Gasteiger partial charge on any atom is -0.485 e. The topological polar surface area (TPSA) is 47.6 Å². The van der Waals surface area contributed by atoms with Gasteiger partial charge < -0.3 is 14.8 Å². The van der Waals surface area contributed by atoms with Crippen LogP contribution in [0.15, 0.2) is 36.4 Å². The normalized spacial score (nSPS) is 18.1. The molecule has 0 saturated carbocycles. The molecule has 1 amide bonds. The maximum Gasteiger partial charge on any atom is 0.265 e. The quantitative estimate of drug-likeness (QED) is 0.941. The van der Waals surface area contributed by atoms with E-state index in [2.05, 4.69) is 5.32 Å². The van der Waals surface area contributed by atoms with Crippen LogP contribution in [0.4, 0.5) is 0 Å². The minimum atomic E-state index is -0.641. The summed E-state index contributed by atoms with van der Waals surface area (Å²) in [5, 5.41) is 2.92. The van der Waals surface area contributed by atoms with E-state index in [1.54, 1.807) is 6.07 Å². The van der Waals surface area contributed by atoms with Crippen LogP contribution in [0.3, 0.4) is 0 Å². The molecule has 1 aliphatic rings. The molecule has 1 aromatic heterocycles. The Balaban J connectivity index is 1.64. The lowest BCUT2D eigenvalue weighted by atomic mass is 10.2. The molecule has 1 N–H and O–H groups in total. The van der Waals surface area contributed by atoms with Crippen molar-refractivity contribution in [2.24, 2.45) is 0 Å². The van der Waals surface area contributed by atoms with Gasteiger partial charge in [0.1, 0.15) is 6.61 Å². The van der Waals surface area contributed by atoms with Crippen LogP contribution in [-0.2, 0) is 4.79 Å². The number of rotatable bonds is 3. The van der Waals surface area contributed by atoms with Crippen molar-refractivity contribution in [3.05, 3.63) is 45.6 Å². The predicted molar refractivity (Wildman–Crippen MR) is 82.2 cm³/mol. The SMILES string of the molecule is CC(NC(=O)C1COc2ccccc2O1)c1ccc(Cl)s1. The third kappa shape index (κ3) is 3.14. The molecular weight excluding hydrogens is 310 g/mol. The van der Waals surface area contributed by atoms with Gasteiger partial charge in [0.05, 0.1) is 10.4 Å². The van der Waals surface area contributed by atoms with Crippen LogP contribution in [0.5, 0.6) is 11.5 Å². The molecule has 2 atom stereocenters. The molecule has 6 heteroatoms. The summed E-state index contributed by atoms with van der Waals surface area (Å²) in [5.41, 5.74) is 0.